The Labute approximate surface area is 129 Å². The van der Waals surface area contributed by atoms with Gasteiger partial charge in [0.05, 0.1) is 0 Å². The van der Waals surface area contributed by atoms with Gasteiger partial charge in [-0.25, -0.2) is 18.1 Å². The summed E-state index contributed by atoms with van der Waals surface area (Å²) in [4.78, 5) is 5.86. The van der Waals surface area contributed by atoms with Gasteiger partial charge in [-0.15, -0.1) is 11.3 Å². The number of nitrogens with zero attached hydrogens (tertiary/aromatic N) is 1. The second-order valence-corrected chi connectivity index (χ2v) is 8.16. The van der Waals surface area contributed by atoms with E-state index in [1.807, 2.05) is 19.1 Å². The molecule has 0 atom stereocenters. The lowest BCUT2D eigenvalue weighted by Gasteiger charge is -2.07. The number of hydrogen-bond donors (Lipinski definition) is 1. The average molecular weight is 382 g/mol. The molecule has 0 saturated heterocycles. The van der Waals surface area contributed by atoms with E-state index in [2.05, 4.69) is 25.6 Å². The second-order valence-electron chi connectivity index (χ2n) is 3.78. The summed E-state index contributed by atoms with van der Waals surface area (Å²) in [5.41, 5.74) is 0. The number of aryl methyl sites for hydroxylation is 1. The van der Waals surface area contributed by atoms with Gasteiger partial charge in [-0.1, -0.05) is 11.6 Å². The topological polar surface area (TPSA) is 59.1 Å². The van der Waals surface area contributed by atoms with Gasteiger partial charge in [-0.2, -0.15) is 0 Å². The van der Waals surface area contributed by atoms with Crippen molar-refractivity contribution in [1.29, 1.82) is 0 Å². The highest BCUT2D eigenvalue weighted by atomic mass is 79.9. The highest BCUT2D eigenvalue weighted by molar-refractivity contribution is 9.10. The van der Waals surface area contributed by atoms with E-state index in [4.69, 9.17) is 11.6 Å². The van der Waals surface area contributed by atoms with Crippen molar-refractivity contribution in [3.8, 4) is 0 Å². The molecule has 1 N–H and O–H groups in total. The molecule has 0 saturated carbocycles. The van der Waals surface area contributed by atoms with E-state index in [0.29, 0.717) is 4.47 Å². The predicted octanol–water partition coefficient (Wildman–Crippen LogP) is 3.35. The van der Waals surface area contributed by atoms with E-state index in [9.17, 15) is 8.42 Å². The summed E-state index contributed by atoms with van der Waals surface area (Å²) in [6.45, 7) is 2.21. The van der Waals surface area contributed by atoms with Crippen LogP contribution in [-0.4, -0.2) is 13.4 Å². The number of rotatable bonds is 4. The van der Waals surface area contributed by atoms with Crippen molar-refractivity contribution in [3.05, 3.63) is 43.8 Å². The van der Waals surface area contributed by atoms with E-state index in [1.165, 1.54) is 12.3 Å². The van der Waals surface area contributed by atoms with Gasteiger partial charge in [0.25, 0.3) is 0 Å². The van der Waals surface area contributed by atoms with Crippen molar-refractivity contribution >= 4 is 48.9 Å². The highest BCUT2D eigenvalue weighted by Gasteiger charge is 2.19. The first-order valence-corrected chi connectivity index (χ1v) is 8.71. The monoisotopic (exact) mass is 380 g/mol. The molecule has 102 valence electrons. The fourth-order valence-electron chi connectivity index (χ4n) is 1.42. The van der Waals surface area contributed by atoms with Crippen LogP contribution in [0.3, 0.4) is 0 Å². The fourth-order valence-corrected chi connectivity index (χ4v) is 4.29. The molecule has 0 spiro atoms. The molecule has 0 bridgehead atoms. The molecule has 0 aliphatic carbocycles. The standard InChI is InChI=1S/C11H10BrClN2O2S2/c1-7-2-3-9(18-7)6-15-19(16,17)10-4-8(12)5-14-11(10)13/h2-5,15H,6H2,1H3. The van der Waals surface area contributed by atoms with Gasteiger partial charge < -0.3 is 0 Å². The van der Waals surface area contributed by atoms with Gasteiger partial charge in [-0.05, 0) is 41.1 Å². The molecular weight excluding hydrogens is 372 g/mol. The zero-order chi connectivity index (χ0) is 14.0. The minimum absolute atomic E-state index is 0.0307. The minimum Gasteiger partial charge on any atom is -0.242 e. The number of halogens is 2. The Hall–Kier alpha value is -0.470. The third kappa shape index (κ3) is 3.76. The minimum atomic E-state index is -3.67. The summed E-state index contributed by atoms with van der Waals surface area (Å²) in [5, 5.41) is -0.0435. The molecule has 0 aliphatic heterocycles. The predicted molar refractivity (Wildman–Crippen MR) is 80.0 cm³/mol. The first kappa shape index (κ1) is 14.9. The van der Waals surface area contributed by atoms with E-state index in [1.54, 1.807) is 11.3 Å². The van der Waals surface area contributed by atoms with Gasteiger partial charge >= 0.3 is 0 Å². The molecule has 0 aromatic carbocycles. The molecule has 19 heavy (non-hydrogen) atoms. The van der Waals surface area contributed by atoms with Crippen LogP contribution in [0.15, 0.2) is 33.8 Å². The zero-order valence-corrected chi connectivity index (χ0v) is 13.8. The number of hydrogen-bond acceptors (Lipinski definition) is 4. The Morgan fingerprint density at radius 1 is 1.47 bits per heavy atom. The van der Waals surface area contributed by atoms with Crippen LogP contribution in [0.1, 0.15) is 9.75 Å². The Morgan fingerprint density at radius 3 is 2.84 bits per heavy atom. The van der Waals surface area contributed by atoms with Crippen LogP contribution in [-0.2, 0) is 16.6 Å². The van der Waals surface area contributed by atoms with Gasteiger partial charge in [0.1, 0.15) is 10.0 Å². The molecule has 0 unspecified atom stereocenters. The van der Waals surface area contributed by atoms with Crippen LogP contribution in [0.4, 0.5) is 0 Å². The number of thiophene rings is 1. The summed E-state index contributed by atoms with van der Waals surface area (Å²) in [6.07, 6.45) is 1.45. The summed E-state index contributed by atoms with van der Waals surface area (Å²) in [5.74, 6) is 0. The number of aromatic nitrogens is 1. The number of sulfonamides is 1. The molecule has 0 radical (unpaired) electrons. The second kappa shape index (κ2) is 5.88. The molecule has 2 aromatic rings. The van der Waals surface area contributed by atoms with Crippen molar-refractivity contribution in [2.24, 2.45) is 0 Å². The normalized spacial score (nSPS) is 11.7. The van der Waals surface area contributed by atoms with Gasteiger partial charge in [0.15, 0.2) is 0 Å². The van der Waals surface area contributed by atoms with Crippen LogP contribution in [0.2, 0.25) is 5.15 Å². The quantitative estimate of drug-likeness (QED) is 0.826. The molecule has 0 fully saturated rings. The van der Waals surface area contributed by atoms with Crippen LogP contribution in [0.5, 0.6) is 0 Å². The molecule has 0 aliphatic rings. The Morgan fingerprint density at radius 2 is 2.21 bits per heavy atom. The molecule has 4 nitrogen and oxygen atoms in total. The molecule has 8 heteroatoms. The lowest BCUT2D eigenvalue weighted by molar-refractivity contribution is 0.581. The maximum atomic E-state index is 12.1. The van der Waals surface area contributed by atoms with Crippen molar-refractivity contribution in [3.63, 3.8) is 0 Å². The van der Waals surface area contributed by atoms with E-state index in [-0.39, 0.29) is 16.6 Å². The first-order chi connectivity index (χ1) is 8.88. The highest BCUT2D eigenvalue weighted by Crippen LogP contribution is 2.23. The van der Waals surface area contributed by atoms with Gasteiger partial charge in [-0.3, -0.25) is 0 Å². The third-order valence-electron chi connectivity index (χ3n) is 2.30. The lowest BCUT2D eigenvalue weighted by Crippen LogP contribution is -2.23. The van der Waals surface area contributed by atoms with E-state index < -0.39 is 10.0 Å². The Balaban J connectivity index is 2.20. The smallest absolute Gasteiger partial charge is 0.242 e. The summed E-state index contributed by atoms with van der Waals surface area (Å²) < 4.78 is 27.3. The first-order valence-electron chi connectivity index (χ1n) is 5.24. The van der Waals surface area contributed by atoms with Gasteiger partial charge in [0, 0.05) is 27.0 Å². The van der Waals surface area contributed by atoms with Crippen molar-refractivity contribution < 1.29 is 8.42 Å². The van der Waals surface area contributed by atoms with Crippen molar-refractivity contribution in [2.45, 2.75) is 18.4 Å². The largest absolute Gasteiger partial charge is 0.244 e. The van der Waals surface area contributed by atoms with Crippen LogP contribution >= 0.6 is 38.9 Å². The average Bonchev–Trinajstić information content (AvgIpc) is 2.76. The zero-order valence-electron chi connectivity index (χ0n) is 9.85. The maximum absolute atomic E-state index is 12.1. The van der Waals surface area contributed by atoms with Crippen molar-refractivity contribution in [1.82, 2.24) is 9.71 Å². The van der Waals surface area contributed by atoms with Crippen molar-refractivity contribution in [2.75, 3.05) is 0 Å². The number of nitrogens with one attached hydrogen (secondary N) is 1. The lowest BCUT2D eigenvalue weighted by atomic mass is 10.4. The molecule has 0 amide bonds. The molecular formula is C11H10BrClN2O2S2. The third-order valence-corrected chi connectivity index (χ3v) is 5.56. The molecule has 2 heterocycles. The molecule has 2 rings (SSSR count). The number of pyridine rings is 1. The van der Waals surface area contributed by atoms with Crippen LogP contribution in [0.25, 0.3) is 0 Å². The van der Waals surface area contributed by atoms with E-state index >= 15 is 0 Å². The maximum Gasteiger partial charge on any atom is 0.244 e. The van der Waals surface area contributed by atoms with Crippen LogP contribution in [0, 0.1) is 6.92 Å². The fraction of sp³-hybridized carbons (Fsp3) is 0.182. The Bertz CT molecular complexity index is 700. The van der Waals surface area contributed by atoms with Gasteiger partial charge in [0.2, 0.25) is 10.0 Å². The summed E-state index contributed by atoms with van der Waals surface area (Å²) in [6, 6.07) is 5.27. The summed E-state index contributed by atoms with van der Waals surface area (Å²) >= 11 is 10.5. The van der Waals surface area contributed by atoms with Crippen LogP contribution < -0.4 is 4.72 Å². The SMILES string of the molecule is Cc1ccc(CNS(=O)(=O)c2cc(Br)cnc2Cl)s1. The summed E-state index contributed by atoms with van der Waals surface area (Å²) in [7, 11) is -3.67. The van der Waals surface area contributed by atoms with E-state index in [0.717, 1.165) is 9.75 Å². The Kier molecular flexibility index (Phi) is 4.62. The molecule has 2 aromatic heterocycles.